The Morgan fingerprint density at radius 1 is 1.40 bits per heavy atom. The van der Waals surface area contributed by atoms with E-state index < -0.39 is 0 Å². The van der Waals surface area contributed by atoms with Crippen LogP contribution in [0.1, 0.15) is 24.5 Å². The maximum Gasteiger partial charge on any atom is 0.122 e. The zero-order chi connectivity index (χ0) is 10.6. The van der Waals surface area contributed by atoms with Crippen LogP contribution in [0, 0.1) is 5.41 Å². The average Bonchev–Trinajstić information content (AvgIpc) is 2.18. The normalized spacial score (nSPS) is 11.6. The minimum Gasteiger partial charge on any atom is -0.393 e. The van der Waals surface area contributed by atoms with E-state index in [1.54, 1.807) is 12.1 Å². The van der Waals surface area contributed by atoms with Crippen LogP contribution in [0.15, 0.2) is 24.3 Å². The van der Waals surface area contributed by atoms with Crippen LogP contribution in [0.25, 0.3) is 0 Å². The van der Waals surface area contributed by atoms with Crippen molar-refractivity contribution in [2.75, 3.05) is 0 Å². The topological polar surface area (TPSA) is 70.1 Å². The zero-order valence-electron chi connectivity index (χ0n) is 8.73. The summed E-state index contributed by atoms with van der Waals surface area (Å²) in [5.74, 6) is 0.0765. The molecule has 0 amide bonds. The van der Waals surface area contributed by atoms with E-state index in [0.29, 0.717) is 6.42 Å². The Labute approximate surface area is 96.2 Å². The molecule has 1 rings (SSSR count). The van der Waals surface area contributed by atoms with Crippen LogP contribution in [0.2, 0.25) is 0 Å². The molecule has 0 aliphatic carbocycles. The highest BCUT2D eigenvalue weighted by Crippen LogP contribution is 2.07. The van der Waals surface area contributed by atoms with Gasteiger partial charge in [0.15, 0.2) is 0 Å². The number of hydrogen-bond acceptors (Lipinski definition) is 2. The first-order chi connectivity index (χ1) is 6.63. The molecule has 3 nitrogen and oxygen atoms in total. The fourth-order valence-corrected chi connectivity index (χ4v) is 1.24. The summed E-state index contributed by atoms with van der Waals surface area (Å²) in [4.78, 5) is 0. The van der Waals surface area contributed by atoms with Crippen LogP contribution < -0.4 is 5.73 Å². The molecule has 1 atom stereocenters. The molecule has 15 heavy (non-hydrogen) atoms. The molecular formula is C11H17ClN2O. The van der Waals surface area contributed by atoms with E-state index in [1.165, 1.54) is 0 Å². The first-order valence-corrected chi connectivity index (χ1v) is 4.75. The number of halogens is 1. The predicted molar refractivity (Wildman–Crippen MR) is 64.7 cm³/mol. The minimum atomic E-state index is -0.279. The van der Waals surface area contributed by atoms with Crippen LogP contribution in [-0.4, -0.2) is 17.0 Å². The first kappa shape index (κ1) is 13.9. The highest BCUT2D eigenvalue weighted by molar-refractivity contribution is 5.94. The minimum absolute atomic E-state index is 0. The Balaban J connectivity index is 0.00000196. The van der Waals surface area contributed by atoms with E-state index in [2.05, 4.69) is 0 Å². The smallest absolute Gasteiger partial charge is 0.122 e. The summed E-state index contributed by atoms with van der Waals surface area (Å²) in [6.07, 6.45) is 1.14. The average molecular weight is 229 g/mol. The molecule has 0 radical (unpaired) electrons. The number of hydrogen-bond donors (Lipinski definition) is 3. The summed E-state index contributed by atoms with van der Waals surface area (Å²) in [6.45, 7) is 1.95. The van der Waals surface area contributed by atoms with Gasteiger partial charge in [0.05, 0.1) is 6.10 Å². The molecule has 0 aliphatic heterocycles. The van der Waals surface area contributed by atoms with Gasteiger partial charge in [-0.05, 0) is 18.4 Å². The molecule has 1 aromatic carbocycles. The summed E-state index contributed by atoms with van der Waals surface area (Å²) in [5, 5.41) is 16.6. The maximum absolute atomic E-state index is 9.42. The van der Waals surface area contributed by atoms with Crippen molar-refractivity contribution in [1.29, 1.82) is 5.41 Å². The molecule has 0 bridgehead atoms. The molecule has 84 valence electrons. The second-order valence-corrected chi connectivity index (χ2v) is 3.38. The van der Waals surface area contributed by atoms with Gasteiger partial charge in [-0.3, -0.25) is 5.41 Å². The largest absolute Gasteiger partial charge is 0.393 e. The molecule has 0 heterocycles. The number of nitrogens with two attached hydrogens (primary N) is 1. The second kappa shape index (κ2) is 6.43. The predicted octanol–water partition coefficient (Wildman–Crippen LogP) is 1.71. The third kappa shape index (κ3) is 4.32. The van der Waals surface area contributed by atoms with Crippen LogP contribution in [-0.2, 0) is 6.42 Å². The van der Waals surface area contributed by atoms with Crippen molar-refractivity contribution in [2.45, 2.75) is 25.9 Å². The lowest BCUT2D eigenvalue weighted by atomic mass is 10.0. The maximum atomic E-state index is 9.42. The van der Waals surface area contributed by atoms with Gasteiger partial charge in [0.1, 0.15) is 5.84 Å². The number of nitrogens with one attached hydrogen (secondary N) is 1. The molecule has 0 fully saturated rings. The monoisotopic (exact) mass is 228 g/mol. The summed E-state index contributed by atoms with van der Waals surface area (Å²) < 4.78 is 0. The SMILES string of the molecule is CCC(O)Cc1ccc(C(=N)N)cc1.Cl. The van der Waals surface area contributed by atoms with Gasteiger partial charge < -0.3 is 10.8 Å². The van der Waals surface area contributed by atoms with Gasteiger partial charge in [0, 0.05) is 5.56 Å². The first-order valence-electron chi connectivity index (χ1n) is 4.75. The van der Waals surface area contributed by atoms with Crippen molar-refractivity contribution in [3.63, 3.8) is 0 Å². The van der Waals surface area contributed by atoms with Crippen LogP contribution in [0.4, 0.5) is 0 Å². The molecule has 4 N–H and O–H groups in total. The Hall–Kier alpha value is -1.06. The second-order valence-electron chi connectivity index (χ2n) is 3.38. The molecule has 0 aromatic heterocycles. The Morgan fingerprint density at radius 2 is 1.93 bits per heavy atom. The fourth-order valence-electron chi connectivity index (χ4n) is 1.24. The fraction of sp³-hybridized carbons (Fsp3) is 0.364. The number of nitrogen functional groups attached to an aromatic ring is 1. The van der Waals surface area contributed by atoms with Crippen molar-refractivity contribution in [2.24, 2.45) is 5.73 Å². The van der Waals surface area contributed by atoms with Gasteiger partial charge in [-0.2, -0.15) is 0 Å². The molecule has 4 heteroatoms. The quantitative estimate of drug-likeness (QED) is 0.542. The van der Waals surface area contributed by atoms with Gasteiger partial charge in [0.25, 0.3) is 0 Å². The molecule has 0 saturated carbocycles. The summed E-state index contributed by atoms with van der Waals surface area (Å²) in [7, 11) is 0. The van der Waals surface area contributed by atoms with Crippen molar-refractivity contribution >= 4 is 18.2 Å². The lowest BCUT2D eigenvalue weighted by Gasteiger charge is -2.07. The van der Waals surface area contributed by atoms with Gasteiger partial charge in [-0.1, -0.05) is 31.2 Å². The Bertz CT molecular complexity index is 311. The molecule has 1 aromatic rings. The highest BCUT2D eigenvalue weighted by Gasteiger charge is 2.02. The highest BCUT2D eigenvalue weighted by atomic mass is 35.5. The van der Waals surface area contributed by atoms with Gasteiger partial charge in [0.2, 0.25) is 0 Å². The van der Waals surface area contributed by atoms with Gasteiger partial charge >= 0.3 is 0 Å². The number of benzene rings is 1. The van der Waals surface area contributed by atoms with Crippen molar-refractivity contribution < 1.29 is 5.11 Å². The standard InChI is InChI=1S/C11H16N2O.ClH/c1-2-10(14)7-8-3-5-9(6-4-8)11(12)13;/h3-6,10,14H,2,7H2,1H3,(H3,12,13);1H. The molecule has 0 saturated heterocycles. The van der Waals surface area contributed by atoms with Crippen LogP contribution in [0.3, 0.4) is 0 Å². The van der Waals surface area contributed by atoms with Gasteiger partial charge in [-0.15, -0.1) is 12.4 Å². The molecular weight excluding hydrogens is 212 g/mol. The molecule has 0 aliphatic rings. The zero-order valence-corrected chi connectivity index (χ0v) is 9.55. The van der Waals surface area contributed by atoms with E-state index >= 15 is 0 Å². The van der Waals surface area contributed by atoms with E-state index in [0.717, 1.165) is 17.5 Å². The number of rotatable bonds is 4. The molecule has 0 spiro atoms. The van der Waals surface area contributed by atoms with Gasteiger partial charge in [-0.25, -0.2) is 0 Å². The number of amidine groups is 1. The summed E-state index contributed by atoms with van der Waals surface area (Å²) >= 11 is 0. The summed E-state index contributed by atoms with van der Waals surface area (Å²) in [5.41, 5.74) is 7.12. The van der Waals surface area contributed by atoms with Crippen molar-refractivity contribution in [3.05, 3.63) is 35.4 Å². The third-order valence-electron chi connectivity index (χ3n) is 2.21. The van der Waals surface area contributed by atoms with E-state index in [-0.39, 0.29) is 24.3 Å². The Kier molecular flexibility index (Phi) is 5.97. The van der Waals surface area contributed by atoms with Crippen molar-refractivity contribution in [1.82, 2.24) is 0 Å². The van der Waals surface area contributed by atoms with E-state index in [4.69, 9.17) is 11.1 Å². The van der Waals surface area contributed by atoms with E-state index in [9.17, 15) is 5.11 Å². The van der Waals surface area contributed by atoms with Crippen LogP contribution in [0.5, 0.6) is 0 Å². The number of aliphatic hydroxyl groups is 1. The van der Waals surface area contributed by atoms with Crippen molar-refractivity contribution in [3.8, 4) is 0 Å². The third-order valence-corrected chi connectivity index (χ3v) is 2.21. The summed E-state index contributed by atoms with van der Waals surface area (Å²) in [6, 6.07) is 7.41. The molecule has 1 unspecified atom stereocenters. The lowest BCUT2D eigenvalue weighted by molar-refractivity contribution is 0.171. The Morgan fingerprint density at radius 3 is 2.33 bits per heavy atom. The van der Waals surface area contributed by atoms with Crippen LogP contribution >= 0.6 is 12.4 Å². The number of aliphatic hydroxyl groups excluding tert-OH is 1. The van der Waals surface area contributed by atoms with E-state index in [1.807, 2.05) is 19.1 Å². The lowest BCUT2D eigenvalue weighted by Crippen LogP contribution is -2.12.